The van der Waals surface area contributed by atoms with Crippen molar-refractivity contribution >= 4 is 5.82 Å². The summed E-state index contributed by atoms with van der Waals surface area (Å²) >= 11 is 0. The van der Waals surface area contributed by atoms with E-state index < -0.39 is 0 Å². The van der Waals surface area contributed by atoms with Crippen LogP contribution in [0.4, 0.5) is 5.82 Å². The third-order valence-corrected chi connectivity index (χ3v) is 3.72. The molecule has 120 valence electrons. The highest BCUT2D eigenvalue weighted by molar-refractivity contribution is 5.69. The maximum Gasteiger partial charge on any atom is 0.261 e. The van der Waals surface area contributed by atoms with Crippen LogP contribution < -0.4 is 4.90 Å². The molecule has 0 fully saturated rings. The summed E-state index contributed by atoms with van der Waals surface area (Å²) in [4.78, 5) is 15.1. The van der Waals surface area contributed by atoms with Gasteiger partial charge in [-0.05, 0) is 32.4 Å². The van der Waals surface area contributed by atoms with Gasteiger partial charge in [-0.1, -0.05) is 5.16 Å². The Morgan fingerprint density at radius 2 is 2.09 bits per heavy atom. The van der Waals surface area contributed by atoms with Crippen LogP contribution in [0.25, 0.3) is 11.5 Å². The van der Waals surface area contributed by atoms with Gasteiger partial charge in [0.05, 0.1) is 5.56 Å². The number of imidazole rings is 1. The van der Waals surface area contributed by atoms with Crippen LogP contribution in [0.5, 0.6) is 0 Å². The first-order valence-corrected chi connectivity index (χ1v) is 7.59. The summed E-state index contributed by atoms with van der Waals surface area (Å²) in [6.45, 7) is 5.62. The first kappa shape index (κ1) is 15.2. The molecule has 0 atom stereocenters. The molecule has 7 nitrogen and oxygen atoms in total. The van der Waals surface area contributed by atoms with E-state index >= 15 is 0 Å². The second-order valence-corrected chi connectivity index (χ2v) is 5.46. The van der Waals surface area contributed by atoms with Crippen LogP contribution in [-0.2, 0) is 6.54 Å². The lowest BCUT2D eigenvalue weighted by atomic mass is 10.2. The van der Waals surface area contributed by atoms with Crippen LogP contribution in [0, 0.1) is 13.8 Å². The molecule has 0 amide bonds. The van der Waals surface area contributed by atoms with E-state index in [4.69, 9.17) is 4.52 Å². The number of hydrogen-bond donors (Lipinski definition) is 0. The fourth-order valence-electron chi connectivity index (χ4n) is 2.50. The van der Waals surface area contributed by atoms with Gasteiger partial charge in [-0.3, -0.25) is 0 Å². The predicted octanol–water partition coefficient (Wildman–Crippen LogP) is 2.47. The molecule has 23 heavy (non-hydrogen) atoms. The van der Waals surface area contributed by atoms with Gasteiger partial charge in [0.25, 0.3) is 5.89 Å². The molecule has 0 aliphatic heterocycles. The summed E-state index contributed by atoms with van der Waals surface area (Å²) in [6.07, 6.45) is 6.60. The lowest BCUT2D eigenvalue weighted by molar-refractivity contribution is 0.425. The summed E-state index contributed by atoms with van der Waals surface area (Å²) in [7, 11) is 2.02. The molecule has 0 N–H and O–H groups in total. The largest absolute Gasteiger partial charge is 0.359 e. The average molecular weight is 312 g/mol. The Balaban J connectivity index is 1.70. The molecule has 3 heterocycles. The third-order valence-electron chi connectivity index (χ3n) is 3.72. The summed E-state index contributed by atoms with van der Waals surface area (Å²) < 4.78 is 7.43. The van der Waals surface area contributed by atoms with Crippen LogP contribution in [0.1, 0.15) is 18.1 Å². The summed E-state index contributed by atoms with van der Waals surface area (Å²) in [6, 6.07) is 3.83. The van der Waals surface area contributed by atoms with E-state index in [0.29, 0.717) is 11.7 Å². The van der Waals surface area contributed by atoms with E-state index in [1.807, 2.05) is 38.5 Å². The Kier molecular flexibility index (Phi) is 4.36. The molecule has 0 spiro atoms. The number of anilines is 1. The van der Waals surface area contributed by atoms with Gasteiger partial charge in [0, 0.05) is 38.7 Å². The third kappa shape index (κ3) is 3.39. The molecule has 7 heteroatoms. The van der Waals surface area contributed by atoms with E-state index in [1.165, 1.54) is 0 Å². The van der Waals surface area contributed by atoms with Gasteiger partial charge in [0.2, 0.25) is 0 Å². The van der Waals surface area contributed by atoms with E-state index in [0.717, 1.165) is 36.7 Å². The fraction of sp³-hybridized carbons (Fsp3) is 0.375. The summed E-state index contributed by atoms with van der Waals surface area (Å²) in [5, 5.41) is 3.86. The Labute approximate surface area is 135 Å². The zero-order valence-electron chi connectivity index (χ0n) is 13.6. The van der Waals surface area contributed by atoms with Crippen molar-refractivity contribution in [1.82, 2.24) is 24.7 Å². The van der Waals surface area contributed by atoms with Crippen LogP contribution >= 0.6 is 0 Å². The van der Waals surface area contributed by atoms with E-state index in [-0.39, 0.29) is 0 Å². The molecular weight excluding hydrogens is 292 g/mol. The highest BCUT2D eigenvalue weighted by Crippen LogP contribution is 2.26. The van der Waals surface area contributed by atoms with Crippen molar-refractivity contribution in [1.29, 1.82) is 0 Å². The minimum atomic E-state index is 0.503. The molecule has 3 aromatic heterocycles. The van der Waals surface area contributed by atoms with E-state index in [2.05, 4.69) is 29.6 Å². The first-order valence-electron chi connectivity index (χ1n) is 7.59. The van der Waals surface area contributed by atoms with Crippen molar-refractivity contribution in [3.05, 3.63) is 42.4 Å². The standard InChI is InChI=1S/C16H20N6O/c1-12-19-16(23-20-12)14-6-4-7-18-15(14)21(3)9-5-10-22-11-8-17-13(22)2/h4,6-8,11H,5,9-10H2,1-3H3. The van der Waals surface area contributed by atoms with Gasteiger partial charge in [-0.15, -0.1) is 0 Å². The molecule has 0 saturated carbocycles. The van der Waals surface area contributed by atoms with Crippen LogP contribution in [0.2, 0.25) is 0 Å². The molecule has 3 aromatic rings. The highest BCUT2D eigenvalue weighted by atomic mass is 16.5. The number of hydrogen-bond acceptors (Lipinski definition) is 6. The Morgan fingerprint density at radius 3 is 2.78 bits per heavy atom. The molecular formula is C16H20N6O. The Hall–Kier alpha value is -2.70. The maximum absolute atomic E-state index is 5.28. The van der Waals surface area contributed by atoms with Gasteiger partial charge in [-0.25, -0.2) is 9.97 Å². The lowest BCUT2D eigenvalue weighted by Crippen LogP contribution is -2.21. The van der Waals surface area contributed by atoms with Gasteiger partial charge in [0.15, 0.2) is 5.82 Å². The maximum atomic E-state index is 5.28. The molecule has 0 aliphatic carbocycles. The molecule has 0 radical (unpaired) electrons. The first-order chi connectivity index (χ1) is 11.1. The van der Waals surface area contributed by atoms with Crippen molar-refractivity contribution < 1.29 is 4.52 Å². The Morgan fingerprint density at radius 1 is 1.22 bits per heavy atom. The minimum Gasteiger partial charge on any atom is -0.359 e. The van der Waals surface area contributed by atoms with E-state index in [1.54, 1.807) is 13.1 Å². The highest BCUT2D eigenvalue weighted by Gasteiger charge is 2.15. The fourth-order valence-corrected chi connectivity index (χ4v) is 2.50. The van der Waals surface area contributed by atoms with Crippen molar-refractivity contribution in [2.75, 3.05) is 18.5 Å². The zero-order chi connectivity index (χ0) is 16.2. The smallest absolute Gasteiger partial charge is 0.261 e. The quantitative estimate of drug-likeness (QED) is 0.696. The van der Waals surface area contributed by atoms with Crippen LogP contribution in [-0.4, -0.2) is 38.3 Å². The number of nitrogens with zero attached hydrogens (tertiary/aromatic N) is 6. The number of aromatic nitrogens is 5. The molecule has 0 aromatic carbocycles. The number of pyridine rings is 1. The van der Waals surface area contributed by atoms with Crippen molar-refractivity contribution in [2.45, 2.75) is 26.8 Å². The second-order valence-electron chi connectivity index (χ2n) is 5.46. The topological polar surface area (TPSA) is 72.9 Å². The molecule has 0 unspecified atom stereocenters. The predicted molar refractivity (Wildman–Crippen MR) is 87.1 cm³/mol. The molecule has 0 aliphatic rings. The monoisotopic (exact) mass is 312 g/mol. The molecule has 0 saturated heterocycles. The molecule has 0 bridgehead atoms. The molecule has 3 rings (SSSR count). The Bertz CT molecular complexity index is 778. The number of rotatable bonds is 6. The van der Waals surface area contributed by atoms with Gasteiger partial charge < -0.3 is 14.0 Å². The van der Waals surface area contributed by atoms with Gasteiger partial charge in [-0.2, -0.15) is 4.98 Å². The van der Waals surface area contributed by atoms with Crippen molar-refractivity contribution in [3.63, 3.8) is 0 Å². The SMILES string of the molecule is Cc1noc(-c2cccnc2N(C)CCCn2ccnc2C)n1. The van der Waals surface area contributed by atoms with Crippen molar-refractivity contribution in [2.24, 2.45) is 0 Å². The van der Waals surface area contributed by atoms with E-state index in [9.17, 15) is 0 Å². The second kappa shape index (κ2) is 6.60. The lowest BCUT2D eigenvalue weighted by Gasteiger charge is -2.20. The van der Waals surface area contributed by atoms with Gasteiger partial charge >= 0.3 is 0 Å². The van der Waals surface area contributed by atoms with Crippen LogP contribution in [0.15, 0.2) is 35.2 Å². The average Bonchev–Trinajstić information content (AvgIpc) is 3.16. The van der Waals surface area contributed by atoms with Crippen LogP contribution in [0.3, 0.4) is 0 Å². The normalized spacial score (nSPS) is 10.9. The van der Waals surface area contributed by atoms with Gasteiger partial charge in [0.1, 0.15) is 11.6 Å². The number of aryl methyl sites for hydroxylation is 3. The zero-order valence-corrected chi connectivity index (χ0v) is 13.6. The summed E-state index contributed by atoms with van der Waals surface area (Å²) in [5.74, 6) is 3.00. The minimum absolute atomic E-state index is 0.503. The summed E-state index contributed by atoms with van der Waals surface area (Å²) in [5.41, 5.74) is 0.856. The van der Waals surface area contributed by atoms with Crippen molar-refractivity contribution in [3.8, 4) is 11.5 Å².